The molecule has 84 valence electrons. The first kappa shape index (κ1) is 10.4. The van der Waals surface area contributed by atoms with Crippen LogP contribution in [0.1, 0.15) is 0 Å². The molecule has 0 unspecified atom stereocenters. The molecule has 3 rings (SSSR count). The summed E-state index contributed by atoms with van der Waals surface area (Å²) in [7, 11) is 0. The molecule has 0 aliphatic rings. The first-order chi connectivity index (χ1) is 8.22. The summed E-state index contributed by atoms with van der Waals surface area (Å²) in [5.74, 6) is 0.998. The molecule has 3 aromatic rings. The first-order valence-corrected chi connectivity index (χ1v) is 5.96. The number of halogens is 1. The van der Waals surface area contributed by atoms with Gasteiger partial charge in [-0.15, -0.1) is 0 Å². The fourth-order valence-corrected chi connectivity index (χ4v) is 2.13. The van der Waals surface area contributed by atoms with E-state index in [-0.39, 0.29) is 5.75 Å². The summed E-state index contributed by atoms with van der Waals surface area (Å²) in [6.45, 7) is 0. The Morgan fingerprint density at radius 1 is 1.12 bits per heavy atom. The molecule has 17 heavy (non-hydrogen) atoms. The lowest BCUT2D eigenvalue weighted by Crippen LogP contribution is -1.78. The van der Waals surface area contributed by atoms with Gasteiger partial charge in [0.1, 0.15) is 11.6 Å². The molecule has 1 heterocycles. The van der Waals surface area contributed by atoms with Gasteiger partial charge in [-0.25, -0.2) is 4.98 Å². The molecule has 1 aromatic heterocycles. The second kappa shape index (κ2) is 3.89. The third-order valence-electron chi connectivity index (χ3n) is 2.56. The number of H-pyrrole nitrogens is 1. The van der Waals surface area contributed by atoms with Gasteiger partial charge < -0.3 is 10.1 Å². The summed E-state index contributed by atoms with van der Waals surface area (Å²) in [6, 6.07) is 12.9. The summed E-state index contributed by atoms with van der Waals surface area (Å²) in [4.78, 5) is 7.71. The Hall–Kier alpha value is -1.81. The van der Waals surface area contributed by atoms with Crippen LogP contribution in [-0.2, 0) is 0 Å². The number of aromatic nitrogens is 2. The van der Waals surface area contributed by atoms with Gasteiger partial charge in [-0.05, 0) is 30.3 Å². The highest BCUT2D eigenvalue weighted by Gasteiger charge is 2.05. The Morgan fingerprint density at radius 2 is 2.00 bits per heavy atom. The Kier molecular flexibility index (Phi) is 2.37. The third-order valence-corrected chi connectivity index (χ3v) is 3.06. The quantitative estimate of drug-likeness (QED) is 0.717. The zero-order chi connectivity index (χ0) is 11.8. The van der Waals surface area contributed by atoms with Crippen LogP contribution in [0.3, 0.4) is 0 Å². The molecule has 0 radical (unpaired) electrons. The van der Waals surface area contributed by atoms with Crippen LogP contribution in [0.5, 0.6) is 5.75 Å². The van der Waals surface area contributed by atoms with Crippen molar-refractivity contribution < 1.29 is 5.11 Å². The molecular formula is C13H9BrN2O. The smallest absolute Gasteiger partial charge is 0.138 e. The van der Waals surface area contributed by atoms with E-state index in [1.807, 2.05) is 24.3 Å². The molecule has 4 heteroatoms. The van der Waals surface area contributed by atoms with E-state index in [1.165, 1.54) is 0 Å². The maximum Gasteiger partial charge on any atom is 0.138 e. The summed E-state index contributed by atoms with van der Waals surface area (Å²) in [5.41, 5.74) is 2.75. The van der Waals surface area contributed by atoms with Gasteiger partial charge in [0, 0.05) is 10.0 Å². The molecule has 0 saturated carbocycles. The molecule has 0 spiro atoms. The summed E-state index contributed by atoms with van der Waals surface area (Å²) >= 11 is 3.42. The van der Waals surface area contributed by atoms with Crippen LogP contribution < -0.4 is 0 Å². The summed E-state index contributed by atoms with van der Waals surface area (Å²) in [5, 5.41) is 9.44. The molecule has 0 bridgehead atoms. The van der Waals surface area contributed by atoms with Gasteiger partial charge in [0.25, 0.3) is 0 Å². The van der Waals surface area contributed by atoms with E-state index in [4.69, 9.17) is 0 Å². The van der Waals surface area contributed by atoms with Crippen molar-refractivity contribution in [2.75, 3.05) is 0 Å². The molecule has 3 nitrogen and oxygen atoms in total. The van der Waals surface area contributed by atoms with Crippen LogP contribution in [0.25, 0.3) is 22.4 Å². The highest BCUT2D eigenvalue weighted by atomic mass is 79.9. The zero-order valence-electron chi connectivity index (χ0n) is 8.81. The number of benzene rings is 2. The predicted molar refractivity (Wildman–Crippen MR) is 70.9 cm³/mol. The minimum Gasteiger partial charge on any atom is -0.508 e. The minimum atomic E-state index is 0.240. The van der Waals surface area contributed by atoms with Crippen molar-refractivity contribution in [3.05, 3.63) is 46.9 Å². The fraction of sp³-hybridized carbons (Fsp3) is 0. The van der Waals surface area contributed by atoms with Crippen LogP contribution in [-0.4, -0.2) is 15.1 Å². The highest BCUT2D eigenvalue weighted by Crippen LogP contribution is 2.24. The van der Waals surface area contributed by atoms with E-state index in [2.05, 4.69) is 25.9 Å². The SMILES string of the molecule is Oc1cccc(-c2nc3ccc(Br)cc3[nH]2)c1. The number of rotatable bonds is 1. The Bertz CT molecular complexity index is 691. The number of hydrogen-bond donors (Lipinski definition) is 2. The molecular weight excluding hydrogens is 280 g/mol. The van der Waals surface area contributed by atoms with E-state index in [9.17, 15) is 5.11 Å². The van der Waals surface area contributed by atoms with Gasteiger partial charge in [-0.3, -0.25) is 0 Å². The van der Waals surface area contributed by atoms with Gasteiger partial charge in [0.05, 0.1) is 11.0 Å². The molecule has 0 saturated heterocycles. The average molecular weight is 289 g/mol. The monoisotopic (exact) mass is 288 g/mol. The van der Waals surface area contributed by atoms with Crippen LogP contribution in [0, 0.1) is 0 Å². The number of nitrogens with one attached hydrogen (secondary N) is 1. The minimum absolute atomic E-state index is 0.240. The van der Waals surface area contributed by atoms with Crippen LogP contribution in [0.2, 0.25) is 0 Å². The van der Waals surface area contributed by atoms with Crippen molar-refractivity contribution in [1.82, 2.24) is 9.97 Å². The average Bonchev–Trinajstić information content (AvgIpc) is 2.72. The van der Waals surface area contributed by atoms with Gasteiger partial charge >= 0.3 is 0 Å². The molecule has 0 aliphatic carbocycles. The Balaban J connectivity index is 2.18. The van der Waals surface area contributed by atoms with Gasteiger partial charge in [-0.1, -0.05) is 28.1 Å². The third kappa shape index (κ3) is 1.91. The standard InChI is InChI=1S/C13H9BrN2O/c14-9-4-5-11-12(7-9)16-13(15-11)8-2-1-3-10(17)6-8/h1-7,17H,(H,15,16). The van der Waals surface area contributed by atoms with E-state index >= 15 is 0 Å². The van der Waals surface area contributed by atoms with Crippen molar-refractivity contribution in [3.8, 4) is 17.1 Å². The number of phenols is 1. The Labute approximate surface area is 106 Å². The largest absolute Gasteiger partial charge is 0.508 e. The number of phenolic OH excluding ortho intramolecular Hbond substituents is 1. The number of hydrogen-bond acceptors (Lipinski definition) is 2. The second-order valence-electron chi connectivity index (χ2n) is 3.80. The normalized spacial score (nSPS) is 10.9. The van der Waals surface area contributed by atoms with Gasteiger partial charge in [-0.2, -0.15) is 0 Å². The van der Waals surface area contributed by atoms with E-state index in [0.29, 0.717) is 0 Å². The molecule has 2 N–H and O–H groups in total. The molecule has 0 aliphatic heterocycles. The summed E-state index contributed by atoms with van der Waals surface area (Å²) in [6.07, 6.45) is 0. The maximum atomic E-state index is 9.44. The number of nitrogens with zero attached hydrogens (tertiary/aromatic N) is 1. The topological polar surface area (TPSA) is 48.9 Å². The van der Waals surface area contributed by atoms with Crippen molar-refractivity contribution in [2.24, 2.45) is 0 Å². The van der Waals surface area contributed by atoms with Crippen molar-refractivity contribution in [1.29, 1.82) is 0 Å². The molecule has 0 fully saturated rings. The van der Waals surface area contributed by atoms with E-state index in [0.717, 1.165) is 26.9 Å². The van der Waals surface area contributed by atoms with Gasteiger partial charge in [0.15, 0.2) is 0 Å². The number of fused-ring (bicyclic) bond motifs is 1. The lowest BCUT2D eigenvalue weighted by molar-refractivity contribution is 0.475. The fourth-order valence-electron chi connectivity index (χ4n) is 1.77. The van der Waals surface area contributed by atoms with E-state index < -0.39 is 0 Å². The van der Waals surface area contributed by atoms with Crippen LogP contribution >= 0.6 is 15.9 Å². The maximum absolute atomic E-state index is 9.44. The molecule has 0 amide bonds. The van der Waals surface area contributed by atoms with Crippen molar-refractivity contribution >= 4 is 27.0 Å². The molecule has 2 aromatic carbocycles. The molecule has 0 atom stereocenters. The van der Waals surface area contributed by atoms with Crippen molar-refractivity contribution in [2.45, 2.75) is 0 Å². The predicted octanol–water partition coefficient (Wildman–Crippen LogP) is 3.70. The van der Waals surface area contributed by atoms with Crippen LogP contribution in [0.4, 0.5) is 0 Å². The lowest BCUT2D eigenvalue weighted by atomic mass is 10.2. The van der Waals surface area contributed by atoms with Crippen molar-refractivity contribution in [3.63, 3.8) is 0 Å². The number of aromatic amines is 1. The number of imidazole rings is 1. The first-order valence-electron chi connectivity index (χ1n) is 5.17. The van der Waals surface area contributed by atoms with E-state index in [1.54, 1.807) is 18.2 Å². The Morgan fingerprint density at radius 3 is 2.82 bits per heavy atom. The highest BCUT2D eigenvalue weighted by molar-refractivity contribution is 9.10. The zero-order valence-corrected chi connectivity index (χ0v) is 10.4. The lowest BCUT2D eigenvalue weighted by Gasteiger charge is -1.96. The summed E-state index contributed by atoms with van der Waals surface area (Å²) < 4.78 is 1.01. The van der Waals surface area contributed by atoms with Crippen LogP contribution in [0.15, 0.2) is 46.9 Å². The second-order valence-corrected chi connectivity index (χ2v) is 4.71. The van der Waals surface area contributed by atoms with Gasteiger partial charge in [0.2, 0.25) is 0 Å². The number of aromatic hydroxyl groups is 1.